The van der Waals surface area contributed by atoms with Gasteiger partial charge in [-0.05, 0) is 49.4 Å². The van der Waals surface area contributed by atoms with Crippen molar-refractivity contribution in [3.8, 4) is 0 Å². The summed E-state index contributed by atoms with van der Waals surface area (Å²) in [7, 11) is -3.40. The van der Waals surface area contributed by atoms with E-state index in [2.05, 4.69) is 22.2 Å². The molecular formula is C21H34N4O2S. The summed E-state index contributed by atoms with van der Waals surface area (Å²) in [4.78, 5) is 7.72. The largest absolute Gasteiger partial charge is 0.349 e. The average molecular weight is 407 g/mol. The number of aryl methyl sites for hydroxylation is 1. The number of H-pyrrole nitrogens is 1. The Kier molecular flexibility index (Phi) is 9.15. The van der Waals surface area contributed by atoms with Crippen LogP contribution in [0.2, 0.25) is 0 Å². The lowest BCUT2D eigenvalue weighted by molar-refractivity contribution is 0.410. The number of hydrogen-bond acceptors (Lipinski definition) is 4. The van der Waals surface area contributed by atoms with Crippen molar-refractivity contribution >= 4 is 10.0 Å². The van der Waals surface area contributed by atoms with E-state index in [0.29, 0.717) is 23.9 Å². The highest BCUT2D eigenvalue weighted by atomic mass is 32.2. The highest BCUT2D eigenvalue weighted by molar-refractivity contribution is 7.89. The lowest BCUT2D eigenvalue weighted by Gasteiger charge is -2.21. The molecule has 0 bridgehead atoms. The van der Waals surface area contributed by atoms with E-state index in [-0.39, 0.29) is 0 Å². The fraction of sp³-hybridized carbons (Fsp3) is 0.571. The molecule has 156 valence electrons. The standard InChI is InChI=1S/C21H34N4O2S/c1-4-15-25(16-5-2)28(26,27)20-10-8-19(9-11-20)18(3)17-22-12-6-7-21-23-13-14-24-21/h8-11,13-14,18,22H,4-7,12,15-17H2,1-3H3,(H,23,24). The van der Waals surface area contributed by atoms with E-state index >= 15 is 0 Å². The van der Waals surface area contributed by atoms with Gasteiger partial charge in [0.15, 0.2) is 0 Å². The molecule has 6 nitrogen and oxygen atoms in total. The predicted octanol–water partition coefficient (Wildman–Crippen LogP) is 3.55. The third-order valence-electron chi connectivity index (χ3n) is 4.81. The number of sulfonamides is 1. The summed E-state index contributed by atoms with van der Waals surface area (Å²) >= 11 is 0. The molecule has 2 aromatic rings. The number of nitrogens with zero attached hydrogens (tertiary/aromatic N) is 2. The molecule has 1 aromatic heterocycles. The smallest absolute Gasteiger partial charge is 0.243 e. The molecule has 28 heavy (non-hydrogen) atoms. The van der Waals surface area contributed by atoms with E-state index in [9.17, 15) is 8.42 Å². The molecule has 2 rings (SSSR count). The summed E-state index contributed by atoms with van der Waals surface area (Å²) in [5.41, 5.74) is 1.15. The van der Waals surface area contributed by atoms with Gasteiger partial charge in [0.2, 0.25) is 10.0 Å². The molecular weight excluding hydrogens is 372 g/mol. The van der Waals surface area contributed by atoms with Gasteiger partial charge >= 0.3 is 0 Å². The molecule has 0 aliphatic rings. The van der Waals surface area contributed by atoms with E-state index in [1.807, 2.05) is 32.2 Å². The van der Waals surface area contributed by atoms with E-state index < -0.39 is 10.0 Å². The molecule has 0 aliphatic carbocycles. The van der Waals surface area contributed by atoms with Crippen molar-refractivity contribution in [1.29, 1.82) is 0 Å². The molecule has 0 saturated heterocycles. The second-order valence-corrected chi connectivity index (χ2v) is 9.16. The maximum absolute atomic E-state index is 12.8. The van der Waals surface area contributed by atoms with Crippen LogP contribution in [0.5, 0.6) is 0 Å². The van der Waals surface area contributed by atoms with Gasteiger partial charge in [0.1, 0.15) is 5.82 Å². The van der Waals surface area contributed by atoms with Crippen molar-refractivity contribution in [2.24, 2.45) is 0 Å². The van der Waals surface area contributed by atoms with Crippen LogP contribution in [0.25, 0.3) is 0 Å². The fourth-order valence-corrected chi connectivity index (χ4v) is 4.84. The molecule has 1 aromatic carbocycles. The van der Waals surface area contributed by atoms with Crippen LogP contribution in [0.1, 0.15) is 57.3 Å². The SMILES string of the molecule is CCCN(CCC)S(=O)(=O)c1ccc(C(C)CNCCCc2ncc[nH]2)cc1. The summed E-state index contributed by atoms with van der Waals surface area (Å²) in [6, 6.07) is 7.38. The van der Waals surface area contributed by atoms with E-state index in [1.165, 1.54) is 0 Å². The van der Waals surface area contributed by atoms with Crippen molar-refractivity contribution in [3.05, 3.63) is 48.0 Å². The Morgan fingerprint density at radius 1 is 1.14 bits per heavy atom. The Morgan fingerprint density at radius 3 is 2.39 bits per heavy atom. The number of hydrogen-bond donors (Lipinski definition) is 2. The average Bonchev–Trinajstić information content (AvgIpc) is 3.21. The molecule has 0 saturated carbocycles. The van der Waals surface area contributed by atoms with E-state index in [0.717, 1.165) is 50.2 Å². The maximum Gasteiger partial charge on any atom is 0.243 e. The zero-order valence-corrected chi connectivity index (χ0v) is 18.1. The van der Waals surface area contributed by atoms with Crippen LogP contribution in [-0.4, -0.2) is 48.9 Å². The first-order chi connectivity index (χ1) is 13.5. The van der Waals surface area contributed by atoms with Crippen LogP contribution >= 0.6 is 0 Å². The molecule has 0 amide bonds. The lowest BCUT2D eigenvalue weighted by Crippen LogP contribution is -2.32. The lowest BCUT2D eigenvalue weighted by atomic mass is 10.0. The van der Waals surface area contributed by atoms with Crippen LogP contribution in [0.15, 0.2) is 41.6 Å². The second kappa shape index (κ2) is 11.3. The third-order valence-corrected chi connectivity index (χ3v) is 6.72. The number of aromatic amines is 1. The predicted molar refractivity (Wildman–Crippen MR) is 114 cm³/mol. The van der Waals surface area contributed by atoms with Crippen LogP contribution in [0.3, 0.4) is 0 Å². The Labute approximate surface area is 169 Å². The number of benzene rings is 1. The number of imidazole rings is 1. The Morgan fingerprint density at radius 2 is 1.82 bits per heavy atom. The normalized spacial score (nSPS) is 13.1. The van der Waals surface area contributed by atoms with Crippen LogP contribution in [-0.2, 0) is 16.4 Å². The molecule has 1 atom stereocenters. The van der Waals surface area contributed by atoms with Gasteiger partial charge in [0.05, 0.1) is 4.90 Å². The molecule has 7 heteroatoms. The van der Waals surface area contributed by atoms with Crippen molar-refractivity contribution in [1.82, 2.24) is 19.6 Å². The quantitative estimate of drug-likeness (QED) is 0.499. The van der Waals surface area contributed by atoms with Gasteiger partial charge in [-0.25, -0.2) is 13.4 Å². The molecule has 1 unspecified atom stereocenters. The zero-order valence-electron chi connectivity index (χ0n) is 17.3. The van der Waals surface area contributed by atoms with E-state index in [4.69, 9.17) is 0 Å². The first kappa shape index (κ1) is 22.6. The molecule has 0 aliphatic heterocycles. The van der Waals surface area contributed by atoms with Gasteiger partial charge in [-0.3, -0.25) is 0 Å². The topological polar surface area (TPSA) is 78.1 Å². The summed E-state index contributed by atoms with van der Waals surface area (Å²) in [5.74, 6) is 1.34. The van der Waals surface area contributed by atoms with Gasteiger partial charge in [0, 0.05) is 38.4 Å². The summed E-state index contributed by atoms with van der Waals surface area (Å²) in [6.07, 6.45) is 7.23. The van der Waals surface area contributed by atoms with Gasteiger partial charge < -0.3 is 10.3 Å². The van der Waals surface area contributed by atoms with E-state index in [1.54, 1.807) is 22.6 Å². The number of aromatic nitrogens is 2. The van der Waals surface area contributed by atoms with Gasteiger partial charge in [0.25, 0.3) is 0 Å². The van der Waals surface area contributed by atoms with Crippen molar-refractivity contribution in [2.45, 2.75) is 57.3 Å². The third kappa shape index (κ3) is 6.43. The maximum atomic E-state index is 12.8. The zero-order chi connectivity index (χ0) is 20.4. The van der Waals surface area contributed by atoms with Gasteiger partial charge in [-0.2, -0.15) is 4.31 Å². The second-order valence-electron chi connectivity index (χ2n) is 7.22. The minimum absolute atomic E-state index is 0.322. The molecule has 1 heterocycles. The van der Waals surface area contributed by atoms with Gasteiger partial charge in [-0.1, -0.05) is 32.9 Å². The molecule has 2 N–H and O–H groups in total. The molecule has 0 radical (unpaired) electrons. The Balaban J connectivity index is 1.86. The van der Waals surface area contributed by atoms with Crippen molar-refractivity contribution < 1.29 is 8.42 Å². The van der Waals surface area contributed by atoms with Crippen molar-refractivity contribution in [2.75, 3.05) is 26.2 Å². The highest BCUT2D eigenvalue weighted by Crippen LogP contribution is 2.21. The first-order valence-electron chi connectivity index (χ1n) is 10.3. The summed E-state index contributed by atoms with van der Waals surface area (Å²) < 4.78 is 27.3. The minimum atomic E-state index is -3.40. The first-order valence-corrected chi connectivity index (χ1v) is 11.7. The Hall–Kier alpha value is -1.70. The Bertz CT molecular complexity index is 767. The number of rotatable bonds is 13. The molecule has 0 fully saturated rings. The monoisotopic (exact) mass is 406 g/mol. The number of nitrogens with one attached hydrogen (secondary N) is 2. The van der Waals surface area contributed by atoms with Crippen LogP contribution in [0, 0.1) is 0 Å². The highest BCUT2D eigenvalue weighted by Gasteiger charge is 2.23. The summed E-state index contributed by atoms with van der Waals surface area (Å²) in [5, 5.41) is 3.47. The van der Waals surface area contributed by atoms with Gasteiger partial charge in [-0.15, -0.1) is 0 Å². The fourth-order valence-electron chi connectivity index (χ4n) is 3.22. The summed E-state index contributed by atoms with van der Waals surface area (Å²) in [6.45, 7) is 9.09. The minimum Gasteiger partial charge on any atom is -0.349 e. The molecule has 0 spiro atoms. The van der Waals surface area contributed by atoms with Crippen LogP contribution < -0.4 is 5.32 Å². The van der Waals surface area contributed by atoms with Crippen LogP contribution in [0.4, 0.5) is 0 Å². The van der Waals surface area contributed by atoms with Crippen molar-refractivity contribution in [3.63, 3.8) is 0 Å².